The number of amides is 2. The van der Waals surface area contributed by atoms with Gasteiger partial charge in [0, 0.05) is 19.0 Å². The van der Waals surface area contributed by atoms with Crippen molar-refractivity contribution >= 4 is 18.0 Å². The molecule has 0 heterocycles. The van der Waals surface area contributed by atoms with Crippen LogP contribution < -0.4 is 10.6 Å². The normalized spacial score (nSPS) is 19.2. The van der Waals surface area contributed by atoms with Gasteiger partial charge in [-0.15, -0.1) is 0 Å². The number of rotatable bonds is 10. The van der Waals surface area contributed by atoms with Crippen LogP contribution >= 0.6 is 0 Å². The third kappa shape index (κ3) is 5.18. The summed E-state index contributed by atoms with van der Waals surface area (Å²) in [6.45, 7) is 2.75. The topological polar surface area (TPSA) is 105 Å². The molecule has 1 saturated carbocycles. The smallest absolute Gasteiger partial charge is 0.407 e. The maximum atomic E-state index is 12.5. The van der Waals surface area contributed by atoms with E-state index < -0.39 is 12.1 Å². The molecule has 0 aromatic heterocycles. The zero-order chi connectivity index (χ0) is 23.4. The van der Waals surface area contributed by atoms with E-state index >= 15 is 0 Å². The lowest BCUT2D eigenvalue weighted by Gasteiger charge is -2.18. The first-order valence-electron chi connectivity index (χ1n) is 11.6. The quantitative estimate of drug-likeness (QED) is 0.511. The molecule has 3 N–H and O–H groups in total. The summed E-state index contributed by atoms with van der Waals surface area (Å²) in [4.78, 5) is 35.9. The van der Waals surface area contributed by atoms with Crippen LogP contribution in [0.1, 0.15) is 43.2 Å². The van der Waals surface area contributed by atoms with E-state index in [4.69, 9.17) is 9.84 Å². The Kier molecular flexibility index (Phi) is 6.96. The van der Waals surface area contributed by atoms with E-state index in [1.165, 1.54) is 11.1 Å². The van der Waals surface area contributed by atoms with Crippen molar-refractivity contribution in [1.29, 1.82) is 0 Å². The number of carbonyl (C=O) groups is 3. The van der Waals surface area contributed by atoms with E-state index in [0.29, 0.717) is 19.4 Å². The molecule has 2 aliphatic carbocycles. The van der Waals surface area contributed by atoms with Crippen molar-refractivity contribution in [2.75, 3.05) is 19.7 Å². The molecular weight excluding hydrogens is 420 g/mol. The average molecular weight is 451 g/mol. The fourth-order valence-electron chi connectivity index (χ4n) is 4.68. The van der Waals surface area contributed by atoms with Crippen molar-refractivity contribution in [1.82, 2.24) is 10.6 Å². The van der Waals surface area contributed by atoms with Crippen molar-refractivity contribution < 1.29 is 24.2 Å². The van der Waals surface area contributed by atoms with E-state index in [1.807, 2.05) is 31.2 Å². The Bertz CT molecular complexity index is 991. The van der Waals surface area contributed by atoms with Crippen LogP contribution in [-0.2, 0) is 14.3 Å². The average Bonchev–Trinajstić information content (AvgIpc) is 3.54. The first-order chi connectivity index (χ1) is 16.0. The second kappa shape index (κ2) is 10.1. The molecule has 2 aliphatic rings. The Morgan fingerprint density at radius 2 is 1.67 bits per heavy atom. The molecule has 7 nitrogen and oxygen atoms in total. The molecule has 174 valence electrons. The summed E-state index contributed by atoms with van der Waals surface area (Å²) in [5.41, 5.74) is 4.63. The molecule has 2 aromatic rings. The molecule has 3 unspecified atom stereocenters. The zero-order valence-corrected chi connectivity index (χ0v) is 18.8. The minimum Gasteiger partial charge on any atom is -0.481 e. The Morgan fingerprint density at radius 3 is 2.24 bits per heavy atom. The third-order valence-electron chi connectivity index (χ3n) is 6.62. The van der Waals surface area contributed by atoms with Gasteiger partial charge in [0.25, 0.3) is 0 Å². The summed E-state index contributed by atoms with van der Waals surface area (Å²) in [6, 6.07) is 16.3. The van der Waals surface area contributed by atoms with Crippen LogP contribution in [-0.4, -0.2) is 42.8 Å². The highest BCUT2D eigenvalue weighted by atomic mass is 16.5. The lowest BCUT2D eigenvalue weighted by Crippen LogP contribution is -2.40. The van der Waals surface area contributed by atoms with Crippen LogP contribution in [0.15, 0.2) is 48.5 Å². The summed E-state index contributed by atoms with van der Waals surface area (Å²) >= 11 is 0. The van der Waals surface area contributed by atoms with Gasteiger partial charge >= 0.3 is 12.1 Å². The van der Waals surface area contributed by atoms with Crippen LogP contribution in [0.3, 0.4) is 0 Å². The van der Waals surface area contributed by atoms with E-state index in [9.17, 15) is 14.4 Å². The molecule has 33 heavy (non-hydrogen) atoms. The Labute approximate surface area is 193 Å². The highest BCUT2D eigenvalue weighted by Crippen LogP contribution is 2.44. The number of benzene rings is 2. The number of hydrogen-bond acceptors (Lipinski definition) is 4. The Hall–Kier alpha value is -3.35. The number of alkyl carbamates (subject to hydrolysis) is 1. The zero-order valence-electron chi connectivity index (χ0n) is 18.8. The van der Waals surface area contributed by atoms with Gasteiger partial charge in [0.15, 0.2) is 0 Å². The molecule has 0 radical (unpaired) electrons. The molecule has 2 amide bonds. The van der Waals surface area contributed by atoms with Gasteiger partial charge in [0.2, 0.25) is 5.91 Å². The first kappa shape index (κ1) is 22.8. The van der Waals surface area contributed by atoms with Gasteiger partial charge in [-0.05, 0) is 41.0 Å². The summed E-state index contributed by atoms with van der Waals surface area (Å²) in [7, 11) is 0. The fraction of sp³-hybridized carbons (Fsp3) is 0.423. The van der Waals surface area contributed by atoms with Crippen LogP contribution in [0.2, 0.25) is 0 Å². The number of fused-ring (bicyclic) bond motifs is 3. The lowest BCUT2D eigenvalue weighted by atomic mass is 9.98. The van der Waals surface area contributed by atoms with E-state index in [1.54, 1.807) is 0 Å². The van der Waals surface area contributed by atoms with E-state index in [2.05, 4.69) is 34.9 Å². The van der Waals surface area contributed by atoms with Crippen LogP contribution in [0.25, 0.3) is 11.1 Å². The predicted molar refractivity (Wildman–Crippen MR) is 124 cm³/mol. The van der Waals surface area contributed by atoms with Crippen LogP contribution in [0, 0.1) is 17.8 Å². The third-order valence-corrected chi connectivity index (χ3v) is 6.62. The SMILES string of the molecule is CCCC(CNC(=O)OCC1c2ccccc2-c2ccccc21)C(=O)NCC1CC1C(=O)O. The minimum atomic E-state index is -0.809. The van der Waals surface area contributed by atoms with Gasteiger partial charge < -0.3 is 20.5 Å². The van der Waals surface area contributed by atoms with E-state index in [-0.39, 0.29) is 42.7 Å². The first-order valence-corrected chi connectivity index (χ1v) is 11.6. The van der Waals surface area contributed by atoms with Gasteiger partial charge in [-0.25, -0.2) is 4.79 Å². The van der Waals surface area contributed by atoms with Crippen molar-refractivity contribution in [3.05, 3.63) is 59.7 Å². The molecular formula is C26H30N2O5. The molecule has 1 fully saturated rings. The van der Waals surface area contributed by atoms with Crippen molar-refractivity contribution in [2.45, 2.75) is 32.1 Å². The molecule has 2 aromatic carbocycles. The lowest BCUT2D eigenvalue weighted by molar-refractivity contribution is -0.139. The number of carboxylic acids is 1. The maximum absolute atomic E-state index is 12.5. The molecule has 3 atom stereocenters. The van der Waals surface area contributed by atoms with Crippen molar-refractivity contribution in [3.8, 4) is 11.1 Å². The number of hydrogen-bond donors (Lipinski definition) is 3. The number of aliphatic carboxylic acids is 1. The number of carbonyl (C=O) groups excluding carboxylic acids is 2. The van der Waals surface area contributed by atoms with Crippen molar-refractivity contribution in [3.63, 3.8) is 0 Å². The fourth-order valence-corrected chi connectivity index (χ4v) is 4.68. The van der Waals surface area contributed by atoms with Gasteiger partial charge in [-0.1, -0.05) is 61.9 Å². The number of ether oxygens (including phenoxy) is 1. The largest absolute Gasteiger partial charge is 0.481 e. The van der Waals surface area contributed by atoms with Crippen molar-refractivity contribution in [2.24, 2.45) is 17.8 Å². The summed E-state index contributed by atoms with van der Waals surface area (Å²) in [6.07, 6.45) is 1.49. The van der Waals surface area contributed by atoms with Crippen LogP contribution in [0.4, 0.5) is 4.79 Å². The van der Waals surface area contributed by atoms with Gasteiger partial charge in [0.05, 0.1) is 11.8 Å². The maximum Gasteiger partial charge on any atom is 0.407 e. The Balaban J connectivity index is 1.27. The Morgan fingerprint density at radius 1 is 1.03 bits per heavy atom. The molecule has 0 bridgehead atoms. The standard InChI is InChI=1S/C26H30N2O5/c1-2-7-16(24(29)27-14-17-12-22(17)25(30)31)13-28-26(32)33-15-23-20-10-5-3-8-18(20)19-9-4-6-11-21(19)23/h3-6,8-11,16-17,22-23H,2,7,12-15H2,1H3,(H,27,29)(H,28,32)(H,30,31). The molecule has 7 heteroatoms. The van der Waals surface area contributed by atoms with Gasteiger partial charge in [-0.2, -0.15) is 0 Å². The van der Waals surface area contributed by atoms with Crippen LogP contribution in [0.5, 0.6) is 0 Å². The highest BCUT2D eigenvalue weighted by molar-refractivity contribution is 5.81. The monoisotopic (exact) mass is 450 g/mol. The second-order valence-corrected chi connectivity index (χ2v) is 8.88. The molecule has 0 saturated heterocycles. The van der Waals surface area contributed by atoms with Gasteiger partial charge in [0.1, 0.15) is 6.61 Å². The highest BCUT2D eigenvalue weighted by Gasteiger charge is 2.43. The predicted octanol–water partition coefficient (Wildman–Crippen LogP) is 3.78. The minimum absolute atomic E-state index is 0.00354. The summed E-state index contributed by atoms with van der Waals surface area (Å²) in [5.74, 6) is -1.71. The van der Waals surface area contributed by atoms with E-state index in [0.717, 1.165) is 17.5 Å². The summed E-state index contributed by atoms with van der Waals surface area (Å²) < 4.78 is 5.55. The molecule has 0 aliphatic heterocycles. The second-order valence-electron chi connectivity index (χ2n) is 8.88. The molecule has 0 spiro atoms. The number of nitrogens with one attached hydrogen (secondary N) is 2. The number of carboxylic acid groups (broad SMARTS) is 1. The summed E-state index contributed by atoms with van der Waals surface area (Å²) in [5, 5.41) is 14.6. The molecule has 4 rings (SSSR count). The van der Waals surface area contributed by atoms with Gasteiger partial charge in [-0.3, -0.25) is 9.59 Å².